The molecule has 0 spiro atoms. The Morgan fingerprint density at radius 1 is 1.41 bits per heavy atom. The molecule has 0 atom stereocenters. The Balaban J connectivity index is 1.70. The van der Waals surface area contributed by atoms with Crippen LogP contribution in [0.2, 0.25) is 0 Å². The van der Waals surface area contributed by atoms with E-state index in [4.69, 9.17) is 0 Å². The van der Waals surface area contributed by atoms with Crippen LogP contribution in [0.15, 0.2) is 24.1 Å². The van der Waals surface area contributed by atoms with Gasteiger partial charge in [0, 0.05) is 36.8 Å². The summed E-state index contributed by atoms with van der Waals surface area (Å²) >= 11 is 0. The minimum Gasteiger partial charge on any atom is -0.512 e. The van der Waals surface area contributed by atoms with Crippen LogP contribution in [0.25, 0.3) is 6.08 Å². The molecule has 0 saturated heterocycles. The van der Waals surface area contributed by atoms with E-state index in [2.05, 4.69) is 29.4 Å². The van der Waals surface area contributed by atoms with Crippen molar-refractivity contribution in [3.8, 4) is 0 Å². The van der Waals surface area contributed by atoms with E-state index in [1.807, 2.05) is 12.3 Å². The number of carbonyl (C=O) groups is 1. The lowest BCUT2D eigenvalue weighted by Gasteiger charge is -2.10. The monoisotopic (exact) mass is 302 g/mol. The fourth-order valence-electron chi connectivity index (χ4n) is 2.70. The first-order valence-corrected chi connectivity index (χ1v) is 8.21. The number of aryl methyl sites for hydroxylation is 1. The summed E-state index contributed by atoms with van der Waals surface area (Å²) in [6.45, 7) is 2.75. The standard InChI is InChI=1S/C18H26N2O2/c1-2-3-4-5-6-7-18(22)19-11-10-14-13-20-17-9-8-15(21)12-16(14)17/h3-4,12-13,20-21H,2,5-11H2,1H3,(H,19,22)/b4-3-. The highest BCUT2D eigenvalue weighted by atomic mass is 16.3. The summed E-state index contributed by atoms with van der Waals surface area (Å²) in [6.07, 6.45) is 14.0. The number of aliphatic hydroxyl groups excluding tert-OH is 1. The van der Waals surface area contributed by atoms with Crippen molar-refractivity contribution in [1.29, 1.82) is 0 Å². The molecule has 1 aromatic rings. The zero-order chi connectivity index (χ0) is 15.8. The predicted molar refractivity (Wildman–Crippen MR) is 89.7 cm³/mol. The SMILES string of the molecule is CC/C=C\CCCC(=O)NCCc1c[nH]c2c1C=C(O)CC2. The number of hydrogen-bond acceptors (Lipinski definition) is 2. The fourth-order valence-corrected chi connectivity index (χ4v) is 2.70. The molecule has 0 aromatic carbocycles. The van der Waals surface area contributed by atoms with Gasteiger partial charge in [0.25, 0.3) is 0 Å². The van der Waals surface area contributed by atoms with Crippen molar-refractivity contribution < 1.29 is 9.90 Å². The van der Waals surface area contributed by atoms with Gasteiger partial charge in [0.2, 0.25) is 5.91 Å². The average molecular weight is 302 g/mol. The molecule has 0 unspecified atom stereocenters. The summed E-state index contributed by atoms with van der Waals surface area (Å²) in [7, 11) is 0. The van der Waals surface area contributed by atoms with E-state index in [-0.39, 0.29) is 5.91 Å². The van der Waals surface area contributed by atoms with Gasteiger partial charge in [-0.15, -0.1) is 0 Å². The van der Waals surface area contributed by atoms with Crippen LogP contribution in [0.5, 0.6) is 0 Å². The van der Waals surface area contributed by atoms with Crippen molar-refractivity contribution in [2.24, 2.45) is 0 Å². The second-order valence-electron chi connectivity index (χ2n) is 5.71. The van der Waals surface area contributed by atoms with Crippen LogP contribution in [0, 0.1) is 0 Å². The van der Waals surface area contributed by atoms with Crippen LogP contribution in [-0.4, -0.2) is 22.5 Å². The highest BCUT2D eigenvalue weighted by molar-refractivity contribution is 5.75. The molecule has 0 saturated carbocycles. The Hall–Kier alpha value is -1.97. The number of aliphatic hydroxyl groups is 1. The normalized spacial score (nSPS) is 14.0. The predicted octanol–water partition coefficient (Wildman–Crippen LogP) is 3.66. The number of hydrogen-bond donors (Lipinski definition) is 3. The molecule has 4 nitrogen and oxygen atoms in total. The largest absolute Gasteiger partial charge is 0.512 e. The molecule has 1 aliphatic carbocycles. The number of carbonyl (C=O) groups excluding carboxylic acids is 1. The van der Waals surface area contributed by atoms with E-state index >= 15 is 0 Å². The summed E-state index contributed by atoms with van der Waals surface area (Å²) < 4.78 is 0. The van der Waals surface area contributed by atoms with Crippen molar-refractivity contribution in [1.82, 2.24) is 10.3 Å². The summed E-state index contributed by atoms with van der Waals surface area (Å²) in [5.41, 5.74) is 3.44. The topological polar surface area (TPSA) is 65.1 Å². The van der Waals surface area contributed by atoms with E-state index in [1.54, 1.807) is 0 Å². The van der Waals surface area contributed by atoms with Gasteiger partial charge in [-0.05, 0) is 43.7 Å². The maximum atomic E-state index is 11.8. The molecule has 1 amide bonds. The first-order chi connectivity index (χ1) is 10.7. The van der Waals surface area contributed by atoms with Gasteiger partial charge in [0.1, 0.15) is 0 Å². The number of aromatic amines is 1. The molecular formula is C18H26N2O2. The Morgan fingerprint density at radius 2 is 2.27 bits per heavy atom. The van der Waals surface area contributed by atoms with E-state index in [0.717, 1.165) is 43.2 Å². The van der Waals surface area contributed by atoms with Crippen LogP contribution >= 0.6 is 0 Å². The number of allylic oxidation sites excluding steroid dienone is 3. The Morgan fingerprint density at radius 3 is 3.09 bits per heavy atom. The second-order valence-corrected chi connectivity index (χ2v) is 5.71. The average Bonchev–Trinajstić information content (AvgIpc) is 2.89. The third kappa shape index (κ3) is 4.79. The fraction of sp³-hybridized carbons (Fsp3) is 0.500. The van der Waals surface area contributed by atoms with E-state index in [0.29, 0.717) is 25.1 Å². The molecular weight excluding hydrogens is 276 g/mol. The minimum atomic E-state index is 0.118. The lowest BCUT2D eigenvalue weighted by Crippen LogP contribution is -2.25. The third-order valence-electron chi connectivity index (χ3n) is 3.93. The molecule has 120 valence electrons. The molecule has 1 aliphatic rings. The first-order valence-electron chi connectivity index (χ1n) is 8.21. The smallest absolute Gasteiger partial charge is 0.220 e. The van der Waals surface area contributed by atoms with Gasteiger partial charge in [0.15, 0.2) is 0 Å². The number of unbranched alkanes of at least 4 members (excludes halogenated alkanes) is 1. The van der Waals surface area contributed by atoms with Crippen molar-refractivity contribution >= 4 is 12.0 Å². The van der Waals surface area contributed by atoms with Crippen LogP contribution in [0.3, 0.4) is 0 Å². The van der Waals surface area contributed by atoms with Gasteiger partial charge < -0.3 is 15.4 Å². The molecule has 4 heteroatoms. The Kier molecular flexibility index (Phi) is 6.31. The first kappa shape index (κ1) is 16.4. The zero-order valence-electron chi connectivity index (χ0n) is 13.3. The summed E-state index contributed by atoms with van der Waals surface area (Å²) in [5, 5.41) is 12.6. The number of fused-ring (bicyclic) bond motifs is 1. The van der Waals surface area contributed by atoms with Crippen LogP contribution in [0.1, 0.15) is 55.8 Å². The molecule has 2 rings (SSSR count). The van der Waals surface area contributed by atoms with Crippen molar-refractivity contribution in [3.05, 3.63) is 40.9 Å². The lowest BCUT2D eigenvalue weighted by atomic mass is 9.99. The highest BCUT2D eigenvalue weighted by Crippen LogP contribution is 2.25. The van der Waals surface area contributed by atoms with E-state index in [9.17, 15) is 9.90 Å². The van der Waals surface area contributed by atoms with E-state index < -0.39 is 0 Å². The Bertz CT molecular complexity index is 555. The van der Waals surface area contributed by atoms with Gasteiger partial charge in [0.05, 0.1) is 5.76 Å². The number of amides is 1. The summed E-state index contributed by atoms with van der Waals surface area (Å²) in [5.74, 6) is 0.560. The van der Waals surface area contributed by atoms with Crippen LogP contribution in [0.4, 0.5) is 0 Å². The highest BCUT2D eigenvalue weighted by Gasteiger charge is 2.14. The van der Waals surface area contributed by atoms with Gasteiger partial charge in [-0.1, -0.05) is 19.1 Å². The van der Waals surface area contributed by atoms with Gasteiger partial charge in [-0.2, -0.15) is 0 Å². The molecule has 0 radical (unpaired) electrons. The van der Waals surface area contributed by atoms with E-state index in [1.165, 1.54) is 5.69 Å². The van der Waals surface area contributed by atoms with Crippen LogP contribution in [-0.2, 0) is 17.6 Å². The molecule has 1 heterocycles. The molecule has 0 bridgehead atoms. The van der Waals surface area contributed by atoms with Gasteiger partial charge in [-0.3, -0.25) is 4.79 Å². The zero-order valence-corrected chi connectivity index (χ0v) is 13.3. The van der Waals surface area contributed by atoms with Gasteiger partial charge in [-0.25, -0.2) is 0 Å². The summed E-state index contributed by atoms with van der Waals surface area (Å²) in [6, 6.07) is 0. The summed E-state index contributed by atoms with van der Waals surface area (Å²) in [4.78, 5) is 15.0. The van der Waals surface area contributed by atoms with Crippen molar-refractivity contribution in [2.45, 2.75) is 51.9 Å². The maximum absolute atomic E-state index is 11.8. The number of nitrogens with one attached hydrogen (secondary N) is 2. The quantitative estimate of drug-likeness (QED) is 0.507. The molecule has 0 fully saturated rings. The van der Waals surface area contributed by atoms with Crippen molar-refractivity contribution in [2.75, 3.05) is 6.54 Å². The Labute approximate surface area is 132 Å². The van der Waals surface area contributed by atoms with Crippen LogP contribution < -0.4 is 5.32 Å². The van der Waals surface area contributed by atoms with Gasteiger partial charge >= 0.3 is 0 Å². The lowest BCUT2D eigenvalue weighted by molar-refractivity contribution is -0.121. The minimum absolute atomic E-state index is 0.118. The second kappa shape index (κ2) is 8.47. The number of aromatic nitrogens is 1. The molecule has 1 aromatic heterocycles. The number of H-pyrrole nitrogens is 1. The van der Waals surface area contributed by atoms with Crippen molar-refractivity contribution in [3.63, 3.8) is 0 Å². The molecule has 0 aliphatic heterocycles. The maximum Gasteiger partial charge on any atom is 0.220 e. The third-order valence-corrected chi connectivity index (χ3v) is 3.93. The molecule has 3 N–H and O–H groups in total. The molecule has 22 heavy (non-hydrogen) atoms. The number of rotatable bonds is 8.